The van der Waals surface area contributed by atoms with E-state index in [2.05, 4.69) is 10.0 Å². The number of hydrogen-bond acceptors (Lipinski definition) is 4. The molecule has 1 atom stereocenters. The standard InChI is InChI=1S/C18H20F2N2O3S2/c1-11(2)22-27(24,25)15-7-5-14(6-8-15)21-18(23)12(3)26-17-10-13(19)4-9-16(17)20/h4-12,22H,1-3H3,(H,21,23)/t12-/m1/s1. The van der Waals surface area contributed by atoms with Crippen molar-refractivity contribution in [2.75, 3.05) is 5.32 Å². The highest BCUT2D eigenvalue weighted by Crippen LogP contribution is 2.27. The van der Waals surface area contributed by atoms with E-state index in [0.717, 1.165) is 30.0 Å². The maximum atomic E-state index is 13.7. The Bertz CT molecular complexity index is 917. The number of benzene rings is 2. The summed E-state index contributed by atoms with van der Waals surface area (Å²) in [5.74, 6) is -1.61. The SMILES string of the molecule is CC(C)NS(=O)(=O)c1ccc(NC(=O)[C@@H](C)Sc2cc(F)ccc2F)cc1. The summed E-state index contributed by atoms with van der Waals surface area (Å²) < 4.78 is 53.5. The fourth-order valence-electron chi connectivity index (χ4n) is 2.15. The van der Waals surface area contributed by atoms with Crippen molar-refractivity contribution in [2.24, 2.45) is 0 Å². The highest BCUT2D eigenvalue weighted by molar-refractivity contribution is 8.00. The van der Waals surface area contributed by atoms with Gasteiger partial charge in [-0.05, 0) is 63.2 Å². The summed E-state index contributed by atoms with van der Waals surface area (Å²) in [6, 6.07) is 8.50. The van der Waals surface area contributed by atoms with Gasteiger partial charge in [0.05, 0.1) is 10.1 Å². The number of thioether (sulfide) groups is 1. The van der Waals surface area contributed by atoms with E-state index < -0.39 is 32.8 Å². The summed E-state index contributed by atoms with van der Waals surface area (Å²) in [5, 5.41) is 1.94. The van der Waals surface area contributed by atoms with E-state index in [-0.39, 0.29) is 15.8 Å². The van der Waals surface area contributed by atoms with Crippen LogP contribution in [0.15, 0.2) is 52.3 Å². The van der Waals surface area contributed by atoms with E-state index in [9.17, 15) is 22.0 Å². The Kier molecular flexibility index (Phi) is 6.96. The van der Waals surface area contributed by atoms with Crippen LogP contribution >= 0.6 is 11.8 Å². The molecular formula is C18H20F2N2O3S2. The zero-order valence-corrected chi connectivity index (χ0v) is 16.6. The maximum Gasteiger partial charge on any atom is 0.240 e. The lowest BCUT2D eigenvalue weighted by Gasteiger charge is -2.13. The summed E-state index contributed by atoms with van der Waals surface area (Å²) in [5.41, 5.74) is 0.399. The average molecular weight is 414 g/mol. The molecule has 0 spiro atoms. The van der Waals surface area contributed by atoms with Crippen molar-refractivity contribution in [3.63, 3.8) is 0 Å². The lowest BCUT2D eigenvalue weighted by atomic mass is 10.3. The maximum absolute atomic E-state index is 13.7. The quantitative estimate of drug-likeness (QED) is 0.677. The molecule has 27 heavy (non-hydrogen) atoms. The molecule has 0 aliphatic rings. The lowest BCUT2D eigenvalue weighted by molar-refractivity contribution is -0.115. The molecule has 0 fully saturated rings. The molecule has 0 heterocycles. The first-order chi connectivity index (χ1) is 12.6. The summed E-state index contributed by atoms with van der Waals surface area (Å²) in [6.45, 7) is 5.00. The van der Waals surface area contributed by atoms with Gasteiger partial charge in [0.2, 0.25) is 15.9 Å². The molecule has 2 rings (SSSR count). The van der Waals surface area contributed by atoms with Crippen LogP contribution in [0.3, 0.4) is 0 Å². The normalized spacial score (nSPS) is 12.8. The average Bonchev–Trinajstić information content (AvgIpc) is 2.57. The van der Waals surface area contributed by atoms with Crippen LogP contribution in [0.5, 0.6) is 0 Å². The zero-order valence-electron chi connectivity index (χ0n) is 15.0. The van der Waals surface area contributed by atoms with E-state index in [4.69, 9.17) is 0 Å². The first-order valence-electron chi connectivity index (χ1n) is 8.13. The van der Waals surface area contributed by atoms with Crippen molar-refractivity contribution in [2.45, 2.75) is 41.9 Å². The van der Waals surface area contributed by atoms with E-state index in [1.807, 2.05) is 0 Å². The van der Waals surface area contributed by atoms with Gasteiger partial charge in [-0.25, -0.2) is 21.9 Å². The number of nitrogens with one attached hydrogen (secondary N) is 2. The molecule has 2 aromatic rings. The Morgan fingerprint density at radius 2 is 1.67 bits per heavy atom. The van der Waals surface area contributed by atoms with Crippen LogP contribution in [0, 0.1) is 11.6 Å². The van der Waals surface area contributed by atoms with Crippen molar-refractivity contribution < 1.29 is 22.0 Å². The number of sulfonamides is 1. The molecule has 2 aromatic carbocycles. The molecule has 146 valence electrons. The Hall–Kier alpha value is -1.97. The number of carbonyl (C=O) groups excluding carboxylic acids is 1. The van der Waals surface area contributed by atoms with E-state index in [1.54, 1.807) is 20.8 Å². The monoisotopic (exact) mass is 414 g/mol. The predicted molar refractivity (Wildman–Crippen MR) is 102 cm³/mol. The number of hydrogen-bond donors (Lipinski definition) is 2. The van der Waals surface area contributed by atoms with Crippen molar-refractivity contribution in [3.05, 3.63) is 54.1 Å². The molecule has 0 aliphatic heterocycles. The topological polar surface area (TPSA) is 75.3 Å². The van der Waals surface area contributed by atoms with Crippen molar-refractivity contribution >= 4 is 33.4 Å². The van der Waals surface area contributed by atoms with Crippen LogP contribution < -0.4 is 10.0 Å². The smallest absolute Gasteiger partial charge is 0.240 e. The van der Waals surface area contributed by atoms with Crippen LogP contribution in [0.2, 0.25) is 0 Å². The van der Waals surface area contributed by atoms with Crippen LogP contribution in [-0.2, 0) is 14.8 Å². The third-order valence-electron chi connectivity index (χ3n) is 3.39. The minimum absolute atomic E-state index is 0.0406. The molecular weight excluding hydrogens is 394 g/mol. The predicted octanol–water partition coefficient (Wildman–Crippen LogP) is 3.77. The zero-order chi connectivity index (χ0) is 20.2. The molecule has 0 saturated carbocycles. The van der Waals surface area contributed by atoms with Gasteiger partial charge < -0.3 is 5.32 Å². The molecule has 0 unspecified atom stereocenters. The Morgan fingerprint density at radius 3 is 2.26 bits per heavy atom. The Balaban J connectivity index is 2.04. The third-order valence-corrected chi connectivity index (χ3v) is 6.20. The summed E-state index contributed by atoms with van der Waals surface area (Å²) >= 11 is 0.893. The van der Waals surface area contributed by atoms with Gasteiger partial charge >= 0.3 is 0 Å². The molecule has 0 bridgehead atoms. The van der Waals surface area contributed by atoms with Gasteiger partial charge in [-0.1, -0.05) is 0 Å². The van der Waals surface area contributed by atoms with Crippen LogP contribution in [0.25, 0.3) is 0 Å². The largest absolute Gasteiger partial charge is 0.325 e. The summed E-state index contributed by atoms with van der Waals surface area (Å²) in [4.78, 5) is 12.4. The first-order valence-corrected chi connectivity index (χ1v) is 10.5. The van der Waals surface area contributed by atoms with Crippen LogP contribution in [0.4, 0.5) is 14.5 Å². The second kappa shape index (κ2) is 8.81. The van der Waals surface area contributed by atoms with Gasteiger partial charge in [-0.2, -0.15) is 0 Å². The highest BCUT2D eigenvalue weighted by Gasteiger charge is 2.18. The highest BCUT2D eigenvalue weighted by atomic mass is 32.2. The molecule has 0 aromatic heterocycles. The van der Waals surface area contributed by atoms with Crippen molar-refractivity contribution in [1.82, 2.24) is 4.72 Å². The number of anilines is 1. The lowest BCUT2D eigenvalue weighted by Crippen LogP contribution is -2.30. The molecule has 5 nitrogen and oxygen atoms in total. The van der Waals surface area contributed by atoms with Crippen molar-refractivity contribution in [1.29, 1.82) is 0 Å². The number of carbonyl (C=O) groups is 1. The van der Waals surface area contributed by atoms with Crippen molar-refractivity contribution in [3.8, 4) is 0 Å². The number of rotatable bonds is 7. The Morgan fingerprint density at radius 1 is 1.04 bits per heavy atom. The van der Waals surface area contributed by atoms with Gasteiger partial charge in [-0.15, -0.1) is 11.8 Å². The molecule has 0 saturated heterocycles. The fraction of sp³-hybridized carbons (Fsp3) is 0.278. The minimum Gasteiger partial charge on any atom is -0.325 e. The van der Waals surface area contributed by atoms with E-state index >= 15 is 0 Å². The Labute approximate surface area is 161 Å². The molecule has 0 aliphatic carbocycles. The molecule has 1 amide bonds. The van der Waals surface area contributed by atoms with E-state index in [0.29, 0.717) is 5.69 Å². The number of amides is 1. The third kappa shape index (κ3) is 6.02. The van der Waals surface area contributed by atoms with Gasteiger partial charge in [0.25, 0.3) is 0 Å². The van der Waals surface area contributed by atoms with Gasteiger partial charge in [0, 0.05) is 16.6 Å². The van der Waals surface area contributed by atoms with E-state index in [1.165, 1.54) is 24.3 Å². The number of halogens is 2. The van der Waals surface area contributed by atoms with Gasteiger partial charge in [0.15, 0.2) is 0 Å². The molecule has 9 heteroatoms. The van der Waals surface area contributed by atoms with Gasteiger partial charge in [0.1, 0.15) is 11.6 Å². The summed E-state index contributed by atoms with van der Waals surface area (Å²) in [6.07, 6.45) is 0. The second-order valence-electron chi connectivity index (χ2n) is 6.12. The fourth-order valence-corrected chi connectivity index (χ4v) is 4.31. The minimum atomic E-state index is -3.61. The summed E-state index contributed by atoms with van der Waals surface area (Å²) in [7, 11) is -3.61. The molecule has 2 N–H and O–H groups in total. The second-order valence-corrected chi connectivity index (χ2v) is 9.22. The van der Waals surface area contributed by atoms with Gasteiger partial charge in [-0.3, -0.25) is 4.79 Å². The molecule has 0 radical (unpaired) electrons. The first kappa shape index (κ1) is 21.3. The van der Waals surface area contributed by atoms with Crippen LogP contribution in [-0.4, -0.2) is 25.6 Å². The van der Waals surface area contributed by atoms with Crippen LogP contribution in [0.1, 0.15) is 20.8 Å².